The molecule has 1 heterocycles. The van der Waals surface area contributed by atoms with Gasteiger partial charge in [-0.25, -0.2) is 4.98 Å². The average molecular weight is 353 g/mol. The van der Waals surface area contributed by atoms with Gasteiger partial charge in [-0.15, -0.1) is 0 Å². The average Bonchev–Trinajstić information content (AvgIpc) is 2.66. The monoisotopic (exact) mass is 352 g/mol. The largest absolute Gasteiger partial charge is 0.354 e. The molecule has 4 heteroatoms. The molecule has 0 saturated carbocycles. The number of hydrogen-bond donors (Lipinski definition) is 1. The van der Waals surface area contributed by atoms with E-state index in [0.717, 1.165) is 34.0 Å². The van der Waals surface area contributed by atoms with Crippen molar-refractivity contribution in [3.63, 3.8) is 0 Å². The van der Waals surface area contributed by atoms with Crippen LogP contribution < -0.4 is 5.32 Å². The molecule has 3 rings (SSSR count). The van der Waals surface area contributed by atoms with Crippen molar-refractivity contribution in [1.82, 2.24) is 10.3 Å². The molecule has 0 fully saturated rings. The minimum Gasteiger partial charge on any atom is -0.354 e. The zero-order valence-corrected chi connectivity index (χ0v) is 15.4. The number of benzene rings is 2. The van der Waals surface area contributed by atoms with Crippen LogP contribution in [0.3, 0.4) is 0 Å². The van der Waals surface area contributed by atoms with Crippen LogP contribution in [0.4, 0.5) is 0 Å². The summed E-state index contributed by atoms with van der Waals surface area (Å²) < 4.78 is 0. The highest BCUT2D eigenvalue weighted by Crippen LogP contribution is 2.37. The van der Waals surface area contributed by atoms with Crippen molar-refractivity contribution in [3.05, 3.63) is 64.8 Å². The molecular weight excluding hydrogens is 332 g/mol. The molecule has 0 spiro atoms. The maximum Gasteiger partial charge on any atom is 0.269 e. The first-order valence-electron chi connectivity index (χ1n) is 8.48. The van der Waals surface area contributed by atoms with E-state index in [2.05, 4.69) is 25.2 Å². The Hall–Kier alpha value is -2.39. The van der Waals surface area contributed by atoms with Crippen LogP contribution in [-0.4, -0.2) is 17.9 Å². The molecule has 128 valence electrons. The van der Waals surface area contributed by atoms with Crippen LogP contribution in [0.2, 0.25) is 5.02 Å². The quantitative estimate of drug-likeness (QED) is 0.680. The normalized spacial score (nSPS) is 12.2. The Bertz CT molecular complexity index is 936. The highest BCUT2D eigenvalue weighted by molar-refractivity contribution is 6.33. The molecule has 1 N–H and O–H groups in total. The summed E-state index contributed by atoms with van der Waals surface area (Å²) in [5.74, 6) is 0.0550. The first kappa shape index (κ1) is 17.4. The van der Waals surface area contributed by atoms with E-state index in [1.165, 1.54) is 0 Å². The number of fused-ring (bicyclic) bond motifs is 1. The second kappa shape index (κ2) is 7.24. The third-order valence-corrected chi connectivity index (χ3v) is 4.96. The molecule has 0 radical (unpaired) electrons. The van der Waals surface area contributed by atoms with E-state index >= 15 is 0 Å². The highest BCUT2D eigenvalue weighted by Gasteiger charge is 2.22. The Morgan fingerprint density at radius 3 is 2.40 bits per heavy atom. The Balaban J connectivity index is 2.44. The second-order valence-electron chi connectivity index (χ2n) is 6.14. The second-order valence-corrected chi connectivity index (χ2v) is 6.54. The predicted octanol–water partition coefficient (Wildman–Crippen LogP) is 5.43. The lowest BCUT2D eigenvalue weighted by Crippen LogP contribution is -2.22. The number of amides is 1. The van der Waals surface area contributed by atoms with E-state index in [0.29, 0.717) is 10.7 Å². The standard InChI is InChI=1S/C21H21ClN2O/c1-4-13(2)18-14-9-5-6-10-15(14)19(24-20(18)21(25)23-3)16-11-7-8-12-17(16)22/h5-13H,4H2,1-3H3,(H,23,25). The summed E-state index contributed by atoms with van der Waals surface area (Å²) >= 11 is 6.41. The van der Waals surface area contributed by atoms with Gasteiger partial charge < -0.3 is 5.32 Å². The molecule has 0 aliphatic rings. The summed E-state index contributed by atoms with van der Waals surface area (Å²) in [5.41, 5.74) is 3.05. The van der Waals surface area contributed by atoms with Gasteiger partial charge in [0.15, 0.2) is 0 Å². The molecule has 0 saturated heterocycles. The molecule has 1 unspecified atom stereocenters. The number of nitrogens with one attached hydrogen (secondary N) is 1. The van der Waals surface area contributed by atoms with E-state index in [1.807, 2.05) is 42.5 Å². The zero-order valence-electron chi connectivity index (χ0n) is 14.6. The summed E-state index contributed by atoms with van der Waals surface area (Å²) in [6.45, 7) is 4.25. The summed E-state index contributed by atoms with van der Waals surface area (Å²) in [5, 5.41) is 5.42. The molecule has 1 aromatic heterocycles. The molecule has 2 aromatic carbocycles. The zero-order chi connectivity index (χ0) is 18.0. The fourth-order valence-electron chi connectivity index (χ4n) is 3.14. The summed E-state index contributed by atoms with van der Waals surface area (Å²) in [6, 6.07) is 15.7. The van der Waals surface area contributed by atoms with E-state index in [-0.39, 0.29) is 11.8 Å². The molecule has 3 aromatic rings. The predicted molar refractivity (Wildman–Crippen MR) is 104 cm³/mol. The number of hydrogen-bond acceptors (Lipinski definition) is 2. The van der Waals surface area contributed by atoms with Gasteiger partial charge in [0.05, 0.1) is 5.69 Å². The summed E-state index contributed by atoms with van der Waals surface area (Å²) in [6.07, 6.45) is 0.932. The van der Waals surface area contributed by atoms with E-state index in [1.54, 1.807) is 7.05 Å². The Labute approximate surface area is 153 Å². The van der Waals surface area contributed by atoms with Gasteiger partial charge in [-0.05, 0) is 29.4 Å². The van der Waals surface area contributed by atoms with Crippen LogP contribution in [0.5, 0.6) is 0 Å². The van der Waals surface area contributed by atoms with Gasteiger partial charge in [-0.1, -0.05) is 67.9 Å². The van der Waals surface area contributed by atoms with E-state index in [9.17, 15) is 4.79 Å². The molecule has 1 amide bonds. The smallest absolute Gasteiger partial charge is 0.269 e. The van der Waals surface area contributed by atoms with Crippen molar-refractivity contribution in [2.45, 2.75) is 26.2 Å². The Kier molecular flexibility index (Phi) is 5.05. The molecular formula is C21H21ClN2O. The van der Waals surface area contributed by atoms with Crippen molar-refractivity contribution in [2.24, 2.45) is 0 Å². The Morgan fingerprint density at radius 1 is 1.12 bits per heavy atom. The van der Waals surface area contributed by atoms with E-state index in [4.69, 9.17) is 16.6 Å². The lowest BCUT2D eigenvalue weighted by Gasteiger charge is -2.19. The van der Waals surface area contributed by atoms with Crippen LogP contribution in [-0.2, 0) is 0 Å². The highest BCUT2D eigenvalue weighted by atomic mass is 35.5. The molecule has 0 bridgehead atoms. The minimum absolute atomic E-state index is 0.172. The van der Waals surface area contributed by atoms with Gasteiger partial charge in [-0.3, -0.25) is 4.79 Å². The van der Waals surface area contributed by atoms with Crippen LogP contribution in [0.1, 0.15) is 42.2 Å². The van der Waals surface area contributed by atoms with Gasteiger partial charge in [0.2, 0.25) is 0 Å². The number of carbonyl (C=O) groups excluding carboxylic acids is 1. The maximum atomic E-state index is 12.6. The Morgan fingerprint density at radius 2 is 1.76 bits per heavy atom. The number of aromatic nitrogens is 1. The first-order chi connectivity index (χ1) is 12.1. The van der Waals surface area contributed by atoms with Gasteiger partial charge in [0.1, 0.15) is 5.69 Å². The summed E-state index contributed by atoms with van der Waals surface area (Å²) in [7, 11) is 1.63. The van der Waals surface area contributed by atoms with Crippen molar-refractivity contribution in [3.8, 4) is 11.3 Å². The van der Waals surface area contributed by atoms with Crippen LogP contribution in [0.15, 0.2) is 48.5 Å². The third-order valence-electron chi connectivity index (χ3n) is 4.63. The number of nitrogens with zero attached hydrogens (tertiary/aromatic N) is 1. The molecule has 1 atom stereocenters. The lowest BCUT2D eigenvalue weighted by molar-refractivity contribution is 0.0957. The van der Waals surface area contributed by atoms with Crippen molar-refractivity contribution >= 4 is 28.3 Å². The SMILES string of the molecule is CCC(C)c1c(C(=O)NC)nc(-c2ccccc2Cl)c2ccccc12. The number of halogens is 1. The minimum atomic E-state index is -0.172. The van der Waals surface area contributed by atoms with Crippen LogP contribution in [0, 0.1) is 0 Å². The van der Waals surface area contributed by atoms with Crippen molar-refractivity contribution < 1.29 is 4.79 Å². The maximum absolute atomic E-state index is 12.6. The molecule has 3 nitrogen and oxygen atoms in total. The van der Waals surface area contributed by atoms with Crippen molar-refractivity contribution in [1.29, 1.82) is 0 Å². The van der Waals surface area contributed by atoms with Gasteiger partial charge in [0.25, 0.3) is 5.91 Å². The van der Waals surface area contributed by atoms with E-state index < -0.39 is 0 Å². The third kappa shape index (κ3) is 3.12. The van der Waals surface area contributed by atoms with Gasteiger partial charge >= 0.3 is 0 Å². The molecule has 0 aliphatic heterocycles. The topological polar surface area (TPSA) is 42.0 Å². The van der Waals surface area contributed by atoms with Crippen LogP contribution in [0.25, 0.3) is 22.0 Å². The van der Waals surface area contributed by atoms with Gasteiger partial charge in [-0.2, -0.15) is 0 Å². The van der Waals surface area contributed by atoms with Crippen molar-refractivity contribution in [2.75, 3.05) is 7.05 Å². The fraction of sp³-hybridized carbons (Fsp3) is 0.238. The molecule has 25 heavy (non-hydrogen) atoms. The lowest BCUT2D eigenvalue weighted by atomic mass is 9.89. The number of pyridine rings is 1. The summed E-state index contributed by atoms with van der Waals surface area (Å²) in [4.78, 5) is 17.3. The number of carbonyl (C=O) groups is 1. The molecule has 0 aliphatic carbocycles. The fourth-order valence-corrected chi connectivity index (χ4v) is 3.36. The first-order valence-corrected chi connectivity index (χ1v) is 8.85. The van der Waals surface area contributed by atoms with Crippen LogP contribution >= 0.6 is 11.6 Å². The van der Waals surface area contributed by atoms with Gasteiger partial charge in [0, 0.05) is 23.0 Å². The number of rotatable bonds is 4.